The van der Waals surface area contributed by atoms with Crippen LogP contribution in [0.4, 0.5) is 0 Å². The summed E-state index contributed by atoms with van der Waals surface area (Å²) in [5.74, 6) is 1.16. The summed E-state index contributed by atoms with van der Waals surface area (Å²) in [5, 5.41) is 9.21. The normalized spacial score (nSPS) is 11.1. The molecule has 0 aromatic carbocycles. The zero-order valence-electron chi connectivity index (χ0n) is 10.3. The average molecular weight is 232 g/mol. The third-order valence-electron chi connectivity index (χ3n) is 2.55. The first-order valence-electron chi connectivity index (χ1n) is 5.38. The molecule has 17 heavy (non-hydrogen) atoms. The highest BCUT2D eigenvalue weighted by atomic mass is 16.3. The van der Waals surface area contributed by atoms with E-state index in [9.17, 15) is 5.11 Å². The summed E-state index contributed by atoms with van der Waals surface area (Å²) >= 11 is 0. The van der Waals surface area contributed by atoms with Gasteiger partial charge in [-0.3, -0.25) is 4.98 Å². The highest BCUT2D eigenvalue weighted by Gasteiger charge is 2.09. The maximum absolute atomic E-state index is 9.21. The minimum Gasteiger partial charge on any atom is -0.506 e. The molecule has 0 unspecified atom stereocenters. The summed E-state index contributed by atoms with van der Waals surface area (Å²) in [5.41, 5.74) is 1.75. The van der Waals surface area contributed by atoms with Gasteiger partial charge in [0, 0.05) is 7.05 Å². The fourth-order valence-corrected chi connectivity index (χ4v) is 1.65. The maximum atomic E-state index is 9.21. The van der Waals surface area contributed by atoms with Crippen molar-refractivity contribution in [2.24, 2.45) is 7.05 Å². The molecule has 0 saturated carbocycles. The molecule has 0 fully saturated rings. The Labute approximate surface area is 100 Å². The van der Waals surface area contributed by atoms with Crippen LogP contribution in [0, 0.1) is 0 Å². The van der Waals surface area contributed by atoms with Crippen LogP contribution in [0.1, 0.15) is 5.82 Å². The predicted octanol–water partition coefficient (Wildman–Crippen LogP) is 1.25. The molecule has 2 rings (SSSR count). The number of rotatable bonds is 3. The van der Waals surface area contributed by atoms with Crippen molar-refractivity contribution in [3.8, 4) is 17.1 Å². The van der Waals surface area contributed by atoms with Gasteiger partial charge in [-0.2, -0.15) is 0 Å². The molecule has 0 bridgehead atoms. The van der Waals surface area contributed by atoms with Crippen LogP contribution >= 0.6 is 0 Å². The Morgan fingerprint density at radius 1 is 1.24 bits per heavy atom. The minimum atomic E-state index is 0.171. The van der Waals surface area contributed by atoms with Crippen LogP contribution < -0.4 is 0 Å². The second-order valence-electron chi connectivity index (χ2n) is 4.26. The van der Waals surface area contributed by atoms with Crippen molar-refractivity contribution in [3.05, 3.63) is 30.4 Å². The first-order chi connectivity index (χ1) is 8.08. The summed E-state index contributed by atoms with van der Waals surface area (Å²) in [6.07, 6.45) is 3.24. The summed E-state index contributed by atoms with van der Waals surface area (Å²) in [4.78, 5) is 10.6. The van der Waals surface area contributed by atoms with E-state index in [1.54, 1.807) is 18.3 Å². The van der Waals surface area contributed by atoms with Crippen LogP contribution in [-0.2, 0) is 13.6 Å². The van der Waals surface area contributed by atoms with Gasteiger partial charge in [-0.05, 0) is 26.2 Å². The van der Waals surface area contributed by atoms with E-state index in [1.807, 2.05) is 25.7 Å². The molecule has 0 aliphatic heterocycles. The molecule has 2 aromatic rings. The average Bonchev–Trinajstić information content (AvgIpc) is 2.61. The van der Waals surface area contributed by atoms with E-state index in [4.69, 9.17) is 0 Å². The van der Waals surface area contributed by atoms with Crippen molar-refractivity contribution in [1.29, 1.82) is 0 Å². The van der Waals surface area contributed by atoms with Gasteiger partial charge < -0.3 is 14.6 Å². The van der Waals surface area contributed by atoms with E-state index in [0.29, 0.717) is 0 Å². The number of hydrogen-bond donors (Lipinski definition) is 1. The van der Waals surface area contributed by atoms with Gasteiger partial charge in [-0.1, -0.05) is 0 Å². The first kappa shape index (κ1) is 11.6. The van der Waals surface area contributed by atoms with Crippen LogP contribution in [0.5, 0.6) is 5.75 Å². The standard InChI is InChI=1S/C12H16N4O/c1-15(2)8-12-14-7-11(16(12)3)10-5-4-9(17)6-13-10/h4-7,17H,8H2,1-3H3. The Balaban J connectivity index is 2.33. The molecule has 2 aromatic heterocycles. The fourth-order valence-electron chi connectivity index (χ4n) is 1.65. The molecule has 1 N–H and O–H groups in total. The Bertz CT molecular complexity index is 502. The first-order valence-corrected chi connectivity index (χ1v) is 5.38. The van der Waals surface area contributed by atoms with Crippen LogP contribution in [0.3, 0.4) is 0 Å². The third kappa shape index (κ3) is 2.45. The Kier molecular flexibility index (Phi) is 3.10. The summed E-state index contributed by atoms with van der Waals surface area (Å²) in [6.45, 7) is 0.786. The Hall–Kier alpha value is -1.88. The van der Waals surface area contributed by atoms with Gasteiger partial charge in [-0.15, -0.1) is 0 Å². The van der Waals surface area contributed by atoms with E-state index in [2.05, 4.69) is 14.9 Å². The Morgan fingerprint density at radius 3 is 2.59 bits per heavy atom. The van der Waals surface area contributed by atoms with Crippen LogP contribution in [0.2, 0.25) is 0 Å². The maximum Gasteiger partial charge on any atom is 0.133 e. The van der Waals surface area contributed by atoms with E-state index in [1.165, 1.54) is 6.20 Å². The van der Waals surface area contributed by atoms with Gasteiger partial charge in [0.1, 0.15) is 11.6 Å². The van der Waals surface area contributed by atoms with E-state index >= 15 is 0 Å². The number of hydrogen-bond acceptors (Lipinski definition) is 4. The van der Waals surface area contributed by atoms with Crippen molar-refractivity contribution in [2.75, 3.05) is 14.1 Å². The third-order valence-corrected chi connectivity index (χ3v) is 2.55. The van der Waals surface area contributed by atoms with Crippen molar-refractivity contribution in [3.63, 3.8) is 0 Å². The van der Waals surface area contributed by atoms with Crippen molar-refractivity contribution < 1.29 is 5.11 Å². The monoisotopic (exact) mass is 232 g/mol. The topological polar surface area (TPSA) is 54.2 Å². The summed E-state index contributed by atoms with van der Waals surface area (Å²) < 4.78 is 2.01. The molecule has 0 spiro atoms. The molecule has 0 radical (unpaired) electrons. The minimum absolute atomic E-state index is 0.171. The fraction of sp³-hybridized carbons (Fsp3) is 0.333. The molecule has 2 heterocycles. The van der Waals surface area contributed by atoms with Crippen molar-refractivity contribution in [2.45, 2.75) is 6.54 Å². The lowest BCUT2D eigenvalue weighted by Crippen LogP contribution is -2.14. The lowest BCUT2D eigenvalue weighted by atomic mass is 10.3. The number of aromatic nitrogens is 3. The van der Waals surface area contributed by atoms with Crippen molar-refractivity contribution in [1.82, 2.24) is 19.4 Å². The zero-order chi connectivity index (χ0) is 12.4. The lowest BCUT2D eigenvalue weighted by molar-refractivity contribution is 0.385. The molecule has 0 atom stereocenters. The van der Waals surface area contributed by atoms with Gasteiger partial charge in [0.25, 0.3) is 0 Å². The quantitative estimate of drug-likeness (QED) is 0.865. The SMILES string of the molecule is CN(C)Cc1ncc(-c2ccc(O)cn2)n1C. The van der Waals surface area contributed by atoms with Gasteiger partial charge in [-0.25, -0.2) is 4.98 Å². The predicted molar refractivity (Wildman–Crippen MR) is 65.5 cm³/mol. The molecular weight excluding hydrogens is 216 g/mol. The Morgan fingerprint density at radius 2 is 2.00 bits per heavy atom. The molecule has 5 nitrogen and oxygen atoms in total. The largest absolute Gasteiger partial charge is 0.506 e. The highest BCUT2D eigenvalue weighted by Crippen LogP contribution is 2.19. The molecule has 0 aliphatic rings. The zero-order valence-corrected chi connectivity index (χ0v) is 10.3. The molecule has 0 aliphatic carbocycles. The number of pyridine rings is 1. The van der Waals surface area contributed by atoms with Crippen LogP contribution in [0.15, 0.2) is 24.5 Å². The van der Waals surface area contributed by atoms with Crippen LogP contribution in [-0.4, -0.2) is 38.6 Å². The summed E-state index contributed by atoms with van der Waals surface area (Å²) in [7, 11) is 5.98. The van der Waals surface area contributed by atoms with E-state index in [0.717, 1.165) is 23.8 Å². The van der Waals surface area contributed by atoms with E-state index in [-0.39, 0.29) is 5.75 Å². The number of nitrogens with zero attached hydrogens (tertiary/aromatic N) is 4. The van der Waals surface area contributed by atoms with Gasteiger partial charge in [0.15, 0.2) is 0 Å². The van der Waals surface area contributed by atoms with Gasteiger partial charge in [0.2, 0.25) is 0 Å². The molecule has 0 saturated heterocycles. The molecule has 5 heteroatoms. The number of aromatic hydroxyl groups is 1. The highest BCUT2D eigenvalue weighted by molar-refractivity contribution is 5.54. The number of imidazole rings is 1. The van der Waals surface area contributed by atoms with Gasteiger partial charge >= 0.3 is 0 Å². The molecular formula is C12H16N4O. The van der Waals surface area contributed by atoms with Gasteiger partial charge in [0.05, 0.1) is 30.3 Å². The van der Waals surface area contributed by atoms with Crippen LogP contribution in [0.25, 0.3) is 11.4 Å². The second kappa shape index (κ2) is 4.55. The molecule has 0 amide bonds. The second-order valence-corrected chi connectivity index (χ2v) is 4.26. The molecule has 90 valence electrons. The van der Waals surface area contributed by atoms with Crippen molar-refractivity contribution >= 4 is 0 Å². The summed E-state index contributed by atoms with van der Waals surface area (Å²) in [6, 6.07) is 3.41. The van der Waals surface area contributed by atoms with E-state index < -0.39 is 0 Å². The lowest BCUT2D eigenvalue weighted by Gasteiger charge is -2.10. The smallest absolute Gasteiger partial charge is 0.133 e.